The number of rotatable bonds is 8. The Hall–Kier alpha value is -3.07. The zero-order chi connectivity index (χ0) is 21.6. The molecule has 29 heavy (non-hydrogen) atoms. The Labute approximate surface area is 170 Å². The van der Waals surface area contributed by atoms with E-state index in [1.165, 1.54) is 44.6 Å². The molecule has 8 nitrogen and oxygen atoms in total. The lowest BCUT2D eigenvalue weighted by Crippen LogP contribution is -2.37. The molecule has 0 fully saturated rings. The van der Waals surface area contributed by atoms with Crippen LogP contribution in [0.15, 0.2) is 47.4 Å². The summed E-state index contributed by atoms with van der Waals surface area (Å²) in [4.78, 5) is 24.3. The van der Waals surface area contributed by atoms with Crippen LogP contribution in [0.4, 0.5) is 5.69 Å². The average Bonchev–Trinajstić information content (AvgIpc) is 2.71. The van der Waals surface area contributed by atoms with Crippen LogP contribution in [0.25, 0.3) is 0 Å². The molecule has 0 saturated heterocycles. The van der Waals surface area contributed by atoms with E-state index in [0.717, 1.165) is 4.31 Å². The molecule has 0 unspecified atom stereocenters. The van der Waals surface area contributed by atoms with Gasteiger partial charge in [0.2, 0.25) is 0 Å². The van der Waals surface area contributed by atoms with Gasteiger partial charge in [-0.3, -0.25) is 9.10 Å². The maximum Gasteiger partial charge on any atom is 0.340 e. The number of hydrogen-bond donors (Lipinski definition) is 0. The van der Waals surface area contributed by atoms with Crippen molar-refractivity contribution in [3.8, 4) is 5.75 Å². The van der Waals surface area contributed by atoms with Crippen molar-refractivity contribution >= 4 is 27.6 Å². The van der Waals surface area contributed by atoms with Crippen LogP contribution < -0.4 is 9.04 Å². The zero-order valence-corrected chi connectivity index (χ0v) is 17.5. The standard InChI is InChI=1S/C20H23NO7S/c1-5-28-19(22)13-21(17-9-7-6-8-16(17)20(23)27-4)29(24,25)15-10-11-18(26-3)14(2)12-15/h6-12H,5,13H2,1-4H3. The molecule has 0 N–H and O–H groups in total. The van der Waals surface area contributed by atoms with Crippen molar-refractivity contribution in [2.45, 2.75) is 18.7 Å². The van der Waals surface area contributed by atoms with E-state index in [1.54, 1.807) is 26.0 Å². The molecule has 2 aromatic carbocycles. The van der Waals surface area contributed by atoms with Crippen LogP contribution in [-0.2, 0) is 24.3 Å². The summed E-state index contributed by atoms with van der Waals surface area (Å²) >= 11 is 0. The number of methoxy groups -OCH3 is 2. The predicted octanol–water partition coefficient (Wildman–Crippen LogP) is 2.55. The van der Waals surface area contributed by atoms with E-state index in [1.807, 2.05) is 0 Å². The summed E-state index contributed by atoms with van der Waals surface area (Å²) in [5.41, 5.74) is 0.625. The number of carbonyl (C=O) groups excluding carboxylic acids is 2. The van der Waals surface area contributed by atoms with Crippen molar-refractivity contribution in [2.75, 3.05) is 31.7 Å². The summed E-state index contributed by atoms with van der Waals surface area (Å²) in [6.07, 6.45) is 0. The van der Waals surface area contributed by atoms with Crippen molar-refractivity contribution in [1.29, 1.82) is 0 Å². The molecule has 0 amide bonds. The molecule has 2 rings (SSSR count). The Balaban J connectivity index is 2.64. The van der Waals surface area contributed by atoms with Crippen molar-refractivity contribution in [1.82, 2.24) is 0 Å². The molecule has 0 aliphatic carbocycles. The smallest absolute Gasteiger partial charge is 0.340 e. The first kappa shape index (κ1) is 22.2. The maximum atomic E-state index is 13.4. The van der Waals surface area contributed by atoms with Crippen LogP contribution in [0, 0.1) is 6.92 Å². The average molecular weight is 421 g/mol. The lowest BCUT2D eigenvalue weighted by molar-refractivity contribution is -0.141. The minimum atomic E-state index is -4.21. The Kier molecular flexibility index (Phi) is 7.22. The molecule has 156 valence electrons. The quantitative estimate of drug-likeness (QED) is 0.604. The number of sulfonamides is 1. The highest BCUT2D eigenvalue weighted by Gasteiger charge is 2.31. The Bertz CT molecular complexity index is 1000. The fourth-order valence-electron chi connectivity index (χ4n) is 2.74. The summed E-state index contributed by atoms with van der Waals surface area (Å²) in [5, 5.41) is 0. The largest absolute Gasteiger partial charge is 0.496 e. The van der Waals surface area contributed by atoms with Crippen molar-refractivity contribution in [3.63, 3.8) is 0 Å². The second kappa shape index (κ2) is 9.42. The monoisotopic (exact) mass is 421 g/mol. The van der Waals surface area contributed by atoms with Gasteiger partial charge in [0.1, 0.15) is 12.3 Å². The van der Waals surface area contributed by atoms with Crippen molar-refractivity contribution in [3.05, 3.63) is 53.6 Å². The topological polar surface area (TPSA) is 99.2 Å². The Morgan fingerprint density at radius 1 is 1.07 bits per heavy atom. The van der Waals surface area contributed by atoms with Gasteiger partial charge in [-0.15, -0.1) is 0 Å². The van der Waals surface area contributed by atoms with Crippen LogP contribution in [0.3, 0.4) is 0 Å². The van der Waals surface area contributed by atoms with Gasteiger partial charge in [0, 0.05) is 0 Å². The number of esters is 2. The molecule has 0 aromatic heterocycles. The third-order valence-electron chi connectivity index (χ3n) is 4.11. The minimum absolute atomic E-state index is 0.00751. The normalized spacial score (nSPS) is 10.9. The summed E-state index contributed by atoms with van der Waals surface area (Å²) in [7, 11) is -1.54. The molecule has 0 atom stereocenters. The first-order valence-corrected chi connectivity index (χ1v) is 10.2. The summed E-state index contributed by atoms with van der Waals surface area (Å²) < 4.78 is 42.5. The molecular weight excluding hydrogens is 398 g/mol. The fourth-order valence-corrected chi connectivity index (χ4v) is 4.25. The fraction of sp³-hybridized carbons (Fsp3) is 0.300. The number of para-hydroxylation sites is 1. The van der Waals surface area contributed by atoms with Crippen LogP contribution in [0.1, 0.15) is 22.8 Å². The van der Waals surface area contributed by atoms with E-state index in [-0.39, 0.29) is 22.8 Å². The number of anilines is 1. The van der Waals surface area contributed by atoms with Gasteiger partial charge in [-0.25, -0.2) is 13.2 Å². The third-order valence-corrected chi connectivity index (χ3v) is 5.87. The zero-order valence-electron chi connectivity index (χ0n) is 16.7. The molecule has 0 saturated carbocycles. The first-order valence-electron chi connectivity index (χ1n) is 8.76. The minimum Gasteiger partial charge on any atom is -0.496 e. The highest BCUT2D eigenvalue weighted by atomic mass is 32.2. The lowest BCUT2D eigenvalue weighted by Gasteiger charge is -2.25. The van der Waals surface area contributed by atoms with E-state index in [9.17, 15) is 18.0 Å². The second-order valence-corrected chi connectivity index (χ2v) is 7.82. The van der Waals surface area contributed by atoms with E-state index in [2.05, 4.69) is 0 Å². The highest BCUT2D eigenvalue weighted by Crippen LogP contribution is 2.30. The van der Waals surface area contributed by atoms with Gasteiger partial charge in [-0.2, -0.15) is 0 Å². The highest BCUT2D eigenvalue weighted by molar-refractivity contribution is 7.92. The van der Waals surface area contributed by atoms with E-state index in [4.69, 9.17) is 14.2 Å². The van der Waals surface area contributed by atoms with E-state index >= 15 is 0 Å². The second-order valence-electron chi connectivity index (χ2n) is 5.96. The molecular formula is C20H23NO7S. The Morgan fingerprint density at radius 3 is 2.34 bits per heavy atom. The number of aryl methyl sites for hydroxylation is 1. The number of carbonyl (C=O) groups is 2. The molecule has 0 aliphatic rings. The van der Waals surface area contributed by atoms with E-state index < -0.39 is 28.5 Å². The maximum absolute atomic E-state index is 13.4. The number of nitrogens with zero attached hydrogens (tertiary/aromatic N) is 1. The third kappa shape index (κ3) is 4.86. The van der Waals surface area contributed by atoms with Gasteiger partial charge < -0.3 is 14.2 Å². The molecule has 2 aromatic rings. The van der Waals surface area contributed by atoms with Crippen LogP contribution in [-0.4, -0.2) is 47.7 Å². The summed E-state index contributed by atoms with van der Waals surface area (Å²) in [6.45, 7) is 2.81. The summed E-state index contributed by atoms with van der Waals surface area (Å²) in [5.74, 6) is -0.951. The summed E-state index contributed by atoms with van der Waals surface area (Å²) in [6, 6.07) is 10.3. The van der Waals surface area contributed by atoms with Crippen LogP contribution in [0.5, 0.6) is 5.75 Å². The lowest BCUT2D eigenvalue weighted by atomic mass is 10.2. The number of ether oxygens (including phenoxy) is 3. The van der Waals surface area contributed by atoms with E-state index in [0.29, 0.717) is 11.3 Å². The van der Waals surface area contributed by atoms with Gasteiger partial charge in [-0.1, -0.05) is 12.1 Å². The number of benzene rings is 2. The molecule has 0 radical (unpaired) electrons. The molecule has 9 heteroatoms. The van der Waals surface area contributed by atoms with Crippen molar-refractivity contribution < 1.29 is 32.2 Å². The SMILES string of the molecule is CCOC(=O)CN(c1ccccc1C(=O)OC)S(=O)(=O)c1ccc(OC)c(C)c1. The van der Waals surface area contributed by atoms with Gasteiger partial charge in [-0.05, 0) is 49.7 Å². The van der Waals surface area contributed by atoms with Crippen molar-refractivity contribution in [2.24, 2.45) is 0 Å². The molecule has 0 heterocycles. The van der Waals surface area contributed by atoms with Crippen LogP contribution >= 0.6 is 0 Å². The van der Waals surface area contributed by atoms with Crippen LogP contribution in [0.2, 0.25) is 0 Å². The Morgan fingerprint density at radius 2 is 1.76 bits per heavy atom. The van der Waals surface area contributed by atoms with Gasteiger partial charge >= 0.3 is 11.9 Å². The first-order chi connectivity index (χ1) is 13.8. The number of hydrogen-bond acceptors (Lipinski definition) is 7. The molecule has 0 spiro atoms. The van der Waals surface area contributed by atoms with Gasteiger partial charge in [0.05, 0.1) is 37.0 Å². The van der Waals surface area contributed by atoms with Gasteiger partial charge in [0.25, 0.3) is 10.0 Å². The molecule has 0 bridgehead atoms. The van der Waals surface area contributed by atoms with Gasteiger partial charge in [0.15, 0.2) is 0 Å². The molecule has 0 aliphatic heterocycles. The predicted molar refractivity (Wildman–Crippen MR) is 107 cm³/mol.